The second-order valence-electron chi connectivity index (χ2n) is 16.5. The van der Waals surface area contributed by atoms with Gasteiger partial charge in [0.1, 0.15) is 0 Å². The van der Waals surface area contributed by atoms with Gasteiger partial charge in [0.15, 0.2) is 0 Å². The molecule has 0 fully saturated rings. The zero-order chi connectivity index (χ0) is 32.9. The van der Waals surface area contributed by atoms with Gasteiger partial charge >= 0.3 is 0 Å². The predicted molar refractivity (Wildman–Crippen MR) is 184 cm³/mol. The van der Waals surface area contributed by atoms with Crippen LogP contribution in [-0.4, -0.2) is 29.8 Å². The van der Waals surface area contributed by atoms with Crippen LogP contribution in [0.3, 0.4) is 0 Å². The van der Waals surface area contributed by atoms with E-state index in [1.807, 2.05) is 48.5 Å². The minimum atomic E-state index is -0.0278. The number of hydrogen-bond acceptors (Lipinski definition) is 2. The lowest BCUT2D eigenvalue weighted by molar-refractivity contribution is 0.00531. The lowest BCUT2D eigenvalue weighted by Crippen LogP contribution is -2.18. The van der Waals surface area contributed by atoms with Gasteiger partial charge in [-0.1, -0.05) is 113 Å². The monoisotopic (exact) mass is 575 g/mol. The molecule has 0 radical (unpaired) electrons. The van der Waals surface area contributed by atoms with Gasteiger partial charge in [-0.15, -0.1) is 11.6 Å². The molecule has 0 bridgehead atoms. The maximum atomic E-state index is 5.53. The average molecular weight is 575 g/mol. The van der Waals surface area contributed by atoms with E-state index in [2.05, 4.69) is 127 Å². The second-order valence-corrected chi connectivity index (χ2v) is 17.6. The van der Waals surface area contributed by atoms with Crippen molar-refractivity contribution in [2.75, 3.05) is 13.7 Å². The van der Waals surface area contributed by atoms with Crippen LogP contribution in [0.15, 0.2) is 30.3 Å². The third kappa shape index (κ3) is 85.6. The zero-order valence-corrected chi connectivity index (χ0v) is 31.8. The topological polar surface area (TPSA) is 18.5 Å². The third-order valence-corrected chi connectivity index (χ3v) is 3.89. The molecule has 0 amide bonds. The maximum absolute atomic E-state index is 5.53. The summed E-state index contributed by atoms with van der Waals surface area (Å²) in [6.45, 7) is 45.3. The SMILES string of the molecule is CC(C)(C)C.CC(C)(C)Cl.CC(C)(C)c1ccccc1.CCC(C)(C)C.CCOC(C)(C)C.COC(C)(C)C. The predicted octanol–water partition coefficient (Wildman–Crippen LogP) is 12.8. The van der Waals surface area contributed by atoms with Crippen molar-refractivity contribution in [3.63, 3.8) is 0 Å². The van der Waals surface area contributed by atoms with Crippen molar-refractivity contribution < 1.29 is 9.47 Å². The summed E-state index contributed by atoms with van der Waals surface area (Å²) in [5, 5.41) is 0. The number of methoxy groups -OCH3 is 1. The van der Waals surface area contributed by atoms with Crippen LogP contribution in [0.2, 0.25) is 0 Å². The largest absolute Gasteiger partial charge is 0.379 e. The molecule has 0 saturated carbocycles. The smallest absolute Gasteiger partial charge is 0.0598 e. The van der Waals surface area contributed by atoms with Gasteiger partial charge < -0.3 is 9.47 Å². The molecular formula is C36H75ClO2. The fourth-order valence-electron chi connectivity index (χ4n) is 1.37. The molecule has 1 aromatic carbocycles. The fourth-order valence-corrected chi connectivity index (χ4v) is 1.37. The molecule has 0 N–H and O–H groups in total. The molecule has 0 aliphatic carbocycles. The summed E-state index contributed by atoms with van der Waals surface area (Å²) in [4.78, 5) is -0.0278. The molecule has 1 aromatic rings. The Bertz CT molecular complexity index is 585. The second kappa shape index (κ2) is 22.1. The van der Waals surface area contributed by atoms with Crippen molar-refractivity contribution in [1.82, 2.24) is 0 Å². The van der Waals surface area contributed by atoms with Crippen molar-refractivity contribution in [3.05, 3.63) is 35.9 Å². The molecule has 0 aliphatic heterocycles. The Labute approximate surface area is 254 Å². The molecule has 238 valence electrons. The lowest BCUT2D eigenvalue weighted by Gasteiger charge is -2.18. The summed E-state index contributed by atoms with van der Waals surface area (Å²) in [7, 11) is 1.71. The Kier molecular flexibility index (Phi) is 27.3. The van der Waals surface area contributed by atoms with Gasteiger partial charge in [0, 0.05) is 18.6 Å². The van der Waals surface area contributed by atoms with Crippen molar-refractivity contribution in [2.45, 2.75) is 173 Å². The van der Waals surface area contributed by atoms with E-state index < -0.39 is 0 Å². The summed E-state index contributed by atoms with van der Waals surface area (Å²) in [6, 6.07) is 10.6. The molecule has 1 rings (SSSR count). The van der Waals surface area contributed by atoms with E-state index in [1.54, 1.807) is 7.11 Å². The molecular weight excluding hydrogens is 500 g/mol. The van der Waals surface area contributed by atoms with Gasteiger partial charge in [-0.2, -0.15) is 0 Å². The van der Waals surface area contributed by atoms with Crippen LogP contribution < -0.4 is 0 Å². The van der Waals surface area contributed by atoms with Gasteiger partial charge in [0.25, 0.3) is 0 Å². The van der Waals surface area contributed by atoms with Gasteiger partial charge in [-0.3, -0.25) is 0 Å². The quantitative estimate of drug-likeness (QED) is 0.310. The van der Waals surface area contributed by atoms with Crippen LogP contribution in [0.25, 0.3) is 0 Å². The number of ether oxygens (including phenoxy) is 2. The Morgan fingerprint density at radius 1 is 0.590 bits per heavy atom. The summed E-state index contributed by atoms with van der Waals surface area (Å²) < 4.78 is 10.2. The van der Waals surface area contributed by atoms with E-state index in [9.17, 15) is 0 Å². The number of rotatable bonds is 1. The van der Waals surface area contributed by atoms with E-state index in [-0.39, 0.29) is 16.1 Å². The molecule has 39 heavy (non-hydrogen) atoms. The molecule has 0 aliphatic rings. The van der Waals surface area contributed by atoms with Crippen LogP contribution in [0, 0.1) is 10.8 Å². The number of alkyl halides is 1. The normalized spacial score (nSPS) is 11.9. The number of benzene rings is 1. The first-order chi connectivity index (χ1) is 16.8. The first kappa shape index (κ1) is 48.2. The summed E-state index contributed by atoms with van der Waals surface area (Å²) in [5.74, 6) is 0. The van der Waals surface area contributed by atoms with Crippen LogP contribution >= 0.6 is 11.6 Å². The highest BCUT2D eigenvalue weighted by Gasteiger charge is 2.11. The van der Waals surface area contributed by atoms with Crippen LogP contribution in [0.1, 0.15) is 157 Å². The van der Waals surface area contributed by atoms with E-state index in [1.165, 1.54) is 12.0 Å². The van der Waals surface area contributed by atoms with Gasteiger partial charge in [-0.05, 0) is 91.0 Å². The molecule has 0 saturated heterocycles. The molecule has 0 heterocycles. The van der Waals surface area contributed by atoms with Gasteiger partial charge in [0.2, 0.25) is 0 Å². The Morgan fingerprint density at radius 2 is 0.846 bits per heavy atom. The molecule has 0 atom stereocenters. The minimum Gasteiger partial charge on any atom is -0.379 e. The van der Waals surface area contributed by atoms with Gasteiger partial charge in [-0.25, -0.2) is 0 Å². The molecule has 0 unspecified atom stereocenters. The maximum Gasteiger partial charge on any atom is 0.0598 e. The van der Waals surface area contributed by atoms with Crippen molar-refractivity contribution in [3.8, 4) is 0 Å². The average Bonchev–Trinajstić information content (AvgIpc) is 2.65. The molecule has 0 spiro atoms. The van der Waals surface area contributed by atoms with E-state index in [0.717, 1.165) is 6.61 Å². The Balaban J connectivity index is -0.000000121. The first-order valence-electron chi connectivity index (χ1n) is 14.7. The zero-order valence-electron chi connectivity index (χ0n) is 31.0. The minimum absolute atomic E-state index is 0.0278. The Morgan fingerprint density at radius 3 is 0.923 bits per heavy atom. The molecule has 0 aromatic heterocycles. The summed E-state index contributed by atoms with van der Waals surface area (Å²) in [5.41, 5.74) is 2.82. The van der Waals surface area contributed by atoms with Crippen LogP contribution in [-0.2, 0) is 14.9 Å². The lowest BCUT2D eigenvalue weighted by atomic mass is 9.87. The first-order valence-corrected chi connectivity index (χ1v) is 15.1. The number of halogens is 1. The van der Waals surface area contributed by atoms with Gasteiger partial charge in [0.05, 0.1) is 11.2 Å². The summed E-state index contributed by atoms with van der Waals surface area (Å²) in [6.07, 6.45) is 1.27. The van der Waals surface area contributed by atoms with E-state index in [4.69, 9.17) is 21.1 Å². The standard InChI is InChI=1S/C10H14.C6H14O.C6H14.C5H12O.C5H12.C4H9Cl/c1-10(2,3)9-7-5-4-6-8-9;1-5-7-6(2,3)4;1-5-6(2,3)4;1-5(2,3)6-4;1-5(2,3)4;1-4(2,3)5/h4-8H,1-3H3;5H2,1-4H3;5H2,1-4H3;1-4H3;1-4H3;1-3H3. The van der Waals surface area contributed by atoms with Crippen LogP contribution in [0.5, 0.6) is 0 Å². The van der Waals surface area contributed by atoms with E-state index >= 15 is 0 Å². The number of hydrogen-bond donors (Lipinski definition) is 0. The molecule has 2 nitrogen and oxygen atoms in total. The highest BCUT2D eigenvalue weighted by Crippen LogP contribution is 2.20. The fraction of sp³-hybridized carbons (Fsp3) is 0.833. The Hall–Kier alpha value is -0.570. The van der Waals surface area contributed by atoms with Crippen LogP contribution in [0.4, 0.5) is 0 Å². The molecule has 3 heteroatoms. The van der Waals surface area contributed by atoms with E-state index in [0.29, 0.717) is 16.2 Å². The summed E-state index contributed by atoms with van der Waals surface area (Å²) >= 11 is 5.53. The third-order valence-electron chi connectivity index (χ3n) is 3.89. The highest BCUT2D eigenvalue weighted by molar-refractivity contribution is 6.23. The van der Waals surface area contributed by atoms with Crippen molar-refractivity contribution in [2.24, 2.45) is 10.8 Å². The van der Waals surface area contributed by atoms with Crippen molar-refractivity contribution in [1.29, 1.82) is 0 Å². The highest BCUT2D eigenvalue weighted by atomic mass is 35.5. The van der Waals surface area contributed by atoms with Crippen molar-refractivity contribution >= 4 is 11.6 Å².